The molecular weight excluding hydrogens is 457 g/mol. The van der Waals surface area contributed by atoms with Crippen molar-refractivity contribution in [3.8, 4) is 11.5 Å². The van der Waals surface area contributed by atoms with Gasteiger partial charge in [-0.25, -0.2) is 4.79 Å². The van der Waals surface area contributed by atoms with E-state index in [-0.39, 0.29) is 24.4 Å². The first kappa shape index (κ1) is 24.8. The van der Waals surface area contributed by atoms with Crippen molar-refractivity contribution in [3.05, 3.63) is 59.7 Å². The number of para-hydroxylation sites is 1. The molecule has 1 heterocycles. The number of amides is 4. The maximum atomic E-state index is 13.0. The molecule has 1 fully saturated rings. The van der Waals surface area contributed by atoms with Gasteiger partial charge in [-0.2, -0.15) is 5.01 Å². The van der Waals surface area contributed by atoms with Crippen molar-refractivity contribution in [2.24, 2.45) is 0 Å². The van der Waals surface area contributed by atoms with Crippen LogP contribution in [-0.2, 0) is 21.7 Å². The predicted octanol–water partition coefficient (Wildman–Crippen LogP) is 2.52. The maximum Gasteiger partial charge on any atom is 0.573 e. The van der Waals surface area contributed by atoms with Crippen molar-refractivity contribution in [3.63, 3.8) is 0 Å². The second kappa shape index (κ2) is 9.59. The molecule has 1 unspecified atom stereocenters. The van der Waals surface area contributed by atoms with Crippen LogP contribution in [-0.4, -0.2) is 54.8 Å². The fourth-order valence-corrected chi connectivity index (χ4v) is 3.48. The molecule has 182 valence electrons. The smallest absolute Gasteiger partial charge is 0.497 e. The number of hydrogen-bond donors (Lipinski definition) is 2. The van der Waals surface area contributed by atoms with Crippen LogP contribution in [0.4, 0.5) is 18.0 Å². The van der Waals surface area contributed by atoms with Crippen LogP contribution in [0.5, 0.6) is 11.5 Å². The Bertz CT molecular complexity index is 1090. The summed E-state index contributed by atoms with van der Waals surface area (Å²) in [6.45, 7) is 1.13. The summed E-state index contributed by atoms with van der Waals surface area (Å²) >= 11 is 0. The van der Waals surface area contributed by atoms with Gasteiger partial charge in [-0.05, 0) is 37.7 Å². The number of rotatable bonds is 8. The van der Waals surface area contributed by atoms with E-state index in [9.17, 15) is 27.6 Å². The highest BCUT2D eigenvalue weighted by Gasteiger charge is 2.50. The summed E-state index contributed by atoms with van der Waals surface area (Å²) in [5.41, 5.74) is 1.48. The molecule has 0 spiro atoms. The molecule has 2 aromatic rings. The molecule has 0 radical (unpaired) electrons. The molecule has 1 saturated heterocycles. The highest BCUT2D eigenvalue weighted by atomic mass is 19.4. The molecule has 34 heavy (non-hydrogen) atoms. The van der Waals surface area contributed by atoms with Crippen LogP contribution >= 0.6 is 0 Å². The largest absolute Gasteiger partial charge is 0.573 e. The molecule has 2 N–H and O–H groups in total. The number of hydrogen-bond acceptors (Lipinski definition) is 6. The second-order valence-corrected chi connectivity index (χ2v) is 7.79. The van der Waals surface area contributed by atoms with Gasteiger partial charge in [0.05, 0.1) is 13.7 Å². The number of urea groups is 1. The summed E-state index contributed by atoms with van der Waals surface area (Å²) in [5.74, 6) is -1.31. The minimum absolute atomic E-state index is 0.0542. The van der Waals surface area contributed by atoms with E-state index >= 15 is 0 Å². The van der Waals surface area contributed by atoms with Gasteiger partial charge < -0.3 is 14.8 Å². The Kier molecular flexibility index (Phi) is 7.01. The first-order chi connectivity index (χ1) is 15.9. The number of halogens is 3. The lowest BCUT2D eigenvalue weighted by atomic mass is 9.92. The van der Waals surface area contributed by atoms with Gasteiger partial charge in [0.15, 0.2) is 0 Å². The van der Waals surface area contributed by atoms with Crippen LogP contribution in [0.25, 0.3) is 0 Å². The SMILES string of the molecule is COc1cccc(C2(C)NC(=O)N(NC(=O)CN(C)Cc3ccccc3OC(F)(F)F)C2=O)c1. The molecular formula is C22H23F3N4O5. The lowest BCUT2D eigenvalue weighted by molar-refractivity contribution is -0.275. The minimum Gasteiger partial charge on any atom is -0.497 e. The van der Waals surface area contributed by atoms with Gasteiger partial charge in [0.2, 0.25) is 0 Å². The quantitative estimate of drug-likeness (QED) is 0.564. The summed E-state index contributed by atoms with van der Waals surface area (Å²) in [5, 5.41) is 3.14. The molecule has 12 heteroatoms. The Labute approximate surface area is 193 Å². The summed E-state index contributed by atoms with van der Waals surface area (Å²) < 4.78 is 47.0. The van der Waals surface area contributed by atoms with Crippen LogP contribution < -0.4 is 20.2 Å². The monoisotopic (exact) mass is 480 g/mol. The van der Waals surface area contributed by atoms with Crippen molar-refractivity contribution >= 4 is 17.8 Å². The molecule has 0 saturated carbocycles. The van der Waals surface area contributed by atoms with Crippen molar-refractivity contribution in [2.75, 3.05) is 20.7 Å². The topological polar surface area (TPSA) is 100 Å². The Morgan fingerprint density at radius 2 is 1.88 bits per heavy atom. The average Bonchev–Trinajstić information content (AvgIpc) is 2.98. The van der Waals surface area contributed by atoms with E-state index in [1.165, 1.54) is 44.2 Å². The van der Waals surface area contributed by atoms with Gasteiger partial charge >= 0.3 is 12.4 Å². The molecule has 1 aliphatic rings. The Morgan fingerprint density at radius 1 is 1.18 bits per heavy atom. The van der Waals surface area contributed by atoms with Gasteiger partial charge in [-0.15, -0.1) is 13.2 Å². The number of carbonyl (C=O) groups excluding carboxylic acids is 3. The van der Waals surface area contributed by atoms with Crippen molar-refractivity contribution in [1.82, 2.24) is 20.7 Å². The normalized spacial score (nSPS) is 18.1. The van der Waals surface area contributed by atoms with E-state index in [2.05, 4.69) is 15.5 Å². The fourth-order valence-electron chi connectivity index (χ4n) is 3.48. The van der Waals surface area contributed by atoms with Crippen molar-refractivity contribution in [2.45, 2.75) is 25.4 Å². The zero-order valence-electron chi connectivity index (χ0n) is 18.6. The summed E-state index contributed by atoms with van der Waals surface area (Å²) in [6, 6.07) is 11.3. The van der Waals surface area contributed by atoms with Gasteiger partial charge in [0.1, 0.15) is 17.0 Å². The number of methoxy groups -OCH3 is 1. The molecule has 0 aromatic heterocycles. The number of carbonyl (C=O) groups is 3. The number of alkyl halides is 3. The third-order valence-corrected chi connectivity index (χ3v) is 5.13. The predicted molar refractivity (Wildman–Crippen MR) is 113 cm³/mol. The van der Waals surface area contributed by atoms with E-state index in [1.54, 1.807) is 30.3 Å². The minimum atomic E-state index is -4.86. The van der Waals surface area contributed by atoms with Crippen LogP contribution in [0.1, 0.15) is 18.1 Å². The van der Waals surface area contributed by atoms with Gasteiger partial charge in [0.25, 0.3) is 11.8 Å². The van der Waals surface area contributed by atoms with Gasteiger partial charge in [0, 0.05) is 12.1 Å². The molecule has 9 nitrogen and oxygen atoms in total. The van der Waals surface area contributed by atoms with Crippen LogP contribution in [0, 0.1) is 0 Å². The number of benzene rings is 2. The number of imide groups is 1. The molecule has 1 atom stereocenters. The molecule has 1 aliphatic heterocycles. The maximum absolute atomic E-state index is 13.0. The van der Waals surface area contributed by atoms with E-state index < -0.39 is 29.7 Å². The van der Waals surface area contributed by atoms with E-state index in [1.807, 2.05) is 0 Å². The fraction of sp³-hybridized carbons (Fsp3) is 0.318. The van der Waals surface area contributed by atoms with Crippen molar-refractivity contribution < 1.29 is 37.0 Å². The Balaban J connectivity index is 1.65. The van der Waals surface area contributed by atoms with Gasteiger partial charge in [-0.1, -0.05) is 30.3 Å². The standard InChI is InChI=1S/C22H23F3N4O5/c1-21(15-8-6-9-16(11-15)33-3)19(31)29(20(32)26-21)27-18(30)13-28(2)12-14-7-4-5-10-17(14)34-22(23,24)25/h4-11H,12-13H2,1-3H3,(H,26,32)(H,27,30). The summed E-state index contributed by atoms with van der Waals surface area (Å²) in [4.78, 5) is 39.3. The summed E-state index contributed by atoms with van der Waals surface area (Å²) in [6.07, 6.45) is -4.86. The third kappa shape index (κ3) is 5.57. The number of nitrogens with zero attached hydrogens (tertiary/aromatic N) is 2. The van der Waals surface area contributed by atoms with Crippen molar-refractivity contribution in [1.29, 1.82) is 0 Å². The zero-order chi connectivity index (χ0) is 25.1. The number of nitrogens with one attached hydrogen (secondary N) is 2. The molecule has 4 amide bonds. The zero-order valence-corrected chi connectivity index (χ0v) is 18.6. The van der Waals surface area contributed by atoms with E-state index in [4.69, 9.17) is 4.74 Å². The van der Waals surface area contributed by atoms with Gasteiger partial charge in [-0.3, -0.25) is 19.9 Å². The number of ether oxygens (including phenoxy) is 2. The number of likely N-dealkylation sites (N-methyl/N-ethyl adjacent to an activating group) is 1. The Hall–Kier alpha value is -3.80. The lowest BCUT2D eigenvalue weighted by Crippen LogP contribution is -2.50. The first-order valence-corrected chi connectivity index (χ1v) is 10.1. The number of hydrazine groups is 1. The first-order valence-electron chi connectivity index (χ1n) is 10.1. The van der Waals surface area contributed by atoms with Crippen LogP contribution in [0.2, 0.25) is 0 Å². The average molecular weight is 480 g/mol. The van der Waals surface area contributed by atoms with Crippen LogP contribution in [0.15, 0.2) is 48.5 Å². The highest BCUT2D eigenvalue weighted by molar-refractivity contribution is 6.08. The second-order valence-electron chi connectivity index (χ2n) is 7.79. The Morgan fingerprint density at radius 3 is 2.56 bits per heavy atom. The van der Waals surface area contributed by atoms with E-state index in [0.717, 1.165) is 0 Å². The lowest BCUT2D eigenvalue weighted by Gasteiger charge is -2.23. The van der Waals surface area contributed by atoms with E-state index in [0.29, 0.717) is 16.3 Å². The highest BCUT2D eigenvalue weighted by Crippen LogP contribution is 2.30. The molecule has 0 bridgehead atoms. The van der Waals surface area contributed by atoms with Crippen LogP contribution in [0.3, 0.4) is 0 Å². The molecule has 2 aromatic carbocycles. The molecule has 0 aliphatic carbocycles. The third-order valence-electron chi connectivity index (χ3n) is 5.13. The molecule has 3 rings (SSSR count). The summed E-state index contributed by atoms with van der Waals surface area (Å²) in [7, 11) is 2.96.